The van der Waals surface area contributed by atoms with Gasteiger partial charge < -0.3 is 0 Å². The first-order valence-corrected chi connectivity index (χ1v) is 6.29. The highest BCUT2D eigenvalue weighted by Gasteiger charge is 1.93. The highest BCUT2D eigenvalue weighted by atomic mass is 127. The Bertz CT molecular complexity index is 216. The number of halogens is 1. The van der Waals surface area contributed by atoms with E-state index in [4.69, 9.17) is 4.18 Å². The average molecular weight is 282 g/mol. The van der Waals surface area contributed by atoms with Crippen molar-refractivity contribution in [3.05, 3.63) is 23.8 Å². The molecule has 5 heteroatoms. The van der Waals surface area contributed by atoms with E-state index in [1.165, 1.54) is 9.21 Å². The van der Waals surface area contributed by atoms with Gasteiger partial charge in [0.1, 0.15) is 6.61 Å². The molecule has 0 aliphatic carbocycles. The molecule has 0 saturated carbocycles. The molecule has 60 valence electrons. The fraction of sp³-hybridized carbons (Fsp3) is 0.333. The first-order valence-electron chi connectivity index (χ1n) is 3.00. The van der Waals surface area contributed by atoms with E-state index in [1.54, 1.807) is 12.4 Å². The second-order valence-corrected chi connectivity index (χ2v) is 3.41. The molecule has 0 bridgehead atoms. The minimum atomic E-state index is 0.515. The third kappa shape index (κ3) is 3.35. The standard InChI is InChI=1S/C6H7IN2OS/c1-5-2-9-6(3-8-5)4-10-11-7/h2-3H,4H2,1H3. The van der Waals surface area contributed by atoms with Crippen LogP contribution < -0.4 is 0 Å². The Morgan fingerprint density at radius 1 is 1.55 bits per heavy atom. The minimum Gasteiger partial charge on any atom is -0.299 e. The summed E-state index contributed by atoms with van der Waals surface area (Å²) in [5.74, 6) is 0. The molecule has 1 rings (SSSR count). The minimum absolute atomic E-state index is 0.515. The summed E-state index contributed by atoms with van der Waals surface area (Å²) in [4.78, 5) is 8.19. The zero-order valence-electron chi connectivity index (χ0n) is 5.95. The van der Waals surface area contributed by atoms with Crippen LogP contribution in [0.2, 0.25) is 0 Å². The monoisotopic (exact) mass is 282 g/mol. The lowest BCUT2D eigenvalue weighted by Crippen LogP contribution is -1.92. The van der Waals surface area contributed by atoms with Gasteiger partial charge in [0.25, 0.3) is 0 Å². The average Bonchev–Trinajstić information content (AvgIpc) is 2.04. The van der Waals surface area contributed by atoms with Crippen LogP contribution in [0, 0.1) is 6.92 Å². The number of hydrogen-bond acceptors (Lipinski definition) is 4. The third-order valence-electron chi connectivity index (χ3n) is 1.09. The van der Waals surface area contributed by atoms with Crippen LogP contribution in [0.5, 0.6) is 0 Å². The fourth-order valence-corrected chi connectivity index (χ4v) is 1.12. The van der Waals surface area contributed by atoms with Crippen LogP contribution in [0.1, 0.15) is 11.4 Å². The van der Waals surface area contributed by atoms with E-state index in [9.17, 15) is 0 Å². The Labute approximate surface area is 81.8 Å². The summed E-state index contributed by atoms with van der Waals surface area (Å²) in [5.41, 5.74) is 1.79. The Morgan fingerprint density at radius 2 is 2.36 bits per heavy atom. The van der Waals surface area contributed by atoms with Crippen LogP contribution in [0.4, 0.5) is 0 Å². The predicted molar refractivity (Wildman–Crippen MR) is 53.2 cm³/mol. The van der Waals surface area contributed by atoms with Crippen molar-refractivity contribution in [2.24, 2.45) is 0 Å². The molecule has 0 atom stereocenters. The van der Waals surface area contributed by atoms with Gasteiger partial charge >= 0.3 is 0 Å². The van der Waals surface area contributed by atoms with Crippen molar-refractivity contribution in [3.8, 4) is 0 Å². The molecule has 0 unspecified atom stereocenters. The highest BCUT2D eigenvalue weighted by Crippen LogP contribution is 2.14. The maximum Gasteiger partial charge on any atom is 0.106 e. The van der Waals surface area contributed by atoms with E-state index >= 15 is 0 Å². The van der Waals surface area contributed by atoms with E-state index < -0.39 is 0 Å². The van der Waals surface area contributed by atoms with Crippen molar-refractivity contribution < 1.29 is 4.18 Å². The molecule has 0 aromatic carbocycles. The number of aryl methyl sites for hydroxylation is 1. The first kappa shape index (κ1) is 9.21. The number of nitrogens with zero attached hydrogens (tertiary/aromatic N) is 2. The second-order valence-electron chi connectivity index (χ2n) is 1.97. The molecule has 0 aliphatic heterocycles. The Balaban J connectivity index is 2.52. The normalized spacial score (nSPS) is 10.0. The lowest BCUT2D eigenvalue weighted by atomic mass is 10.4. The summed E-state index contributed by atoms with van der Waals surface area (Å²) in [5, 5.41) is 0. The van der Waals surface area contributed by atoms with Crippen molar-refractivity contribution in [3.63, 3.8) is 0 Å². The van der Waals surface area contributed by atoms with E-state index in [2.05, 4.69) is 31.2 Å². The zero-order valence-corrected chi connectivity index (χ0v) is 8.92. The first-order chi connectivity index (χ1) is 5.33. The Hall–Kier alpha value is 0.120. The summed E-state index contributed by atoms with van der Waals surface area (Å²) < 4.78 is 5.06. The second kappa shape index (κ2) is 4.89. The van der Waals surface area contributed by atoms with Gasteiger partial charge in [-0.3, -0.25) is 14.2 Å². The van der Waals surface area contributed by atoms with Gasteiger partial charge in [0.05, 0.1) is 26.8 Å². The molecular weight excluding hydrogens is 275 g/mol. The number of rotatable bonds is 3. The van der Waals surface area contributed by atoms with Gasteiger partial charge in [-0.05, 0) is 6.92 Å². The summed E-state index contributed by atoms with van der Waals surface area (Å²) in [6.45, 7) is 2.42. The largest absolute Gasteiger partial charge is 0.299 e. The smallest absolute Gasteiger partial charge is 0.106 e. The molecule has 0 saturated heterocycles. The van der Waals surface area contributed by atoms with Crippen LogP contribution in [-0.2, 0) is 10.8 Å². The lowest BCUT2D eigenvalue weighted by Gasteiger charge is -1.97. The van der Waals surface area contributed by atoms with Crippen LogP contribution in [0.15, 0.2) is 12.4 Å². The maximum absolute atomic E-state index is 5.06. The fourth-order valence-electron chi connectivity index (χ4n) is 0.577. The van der Waals surface area contributed by atoms with Crippen LogP contribution in [0.25, 0.3) is 0 Å². The Kier molecular flexibility index (Phi) is 4.09. The van der Waals surface area contributed by atoms with Gasteiger partial charge in [0, 0.05) is 27.4 Å². The van der Waals surface area contributed by atoms with Crippen molar-refractivity contribution in [1.82, 2.24) is 9.97 Å². The molecule has 1 aromatic heterocycles. The van der Waals surface area contributed by atoms with E-state index in [0.717, 1.165) is 11.4 Å². The van der Waals surface area contributed by atoms with Gasteiger partial charge in [-0.25, -0.2) is 0 Å². The maximum atomic E-state index is 5.06. The molecule has 0 N–H and O–H groups in total. The van der Waals surface area contributed by atoms with Crippen molar-refractivity contribution >= 4 is 30.4 Å². The summed E-state index contributed by atoms with van der Waals surface area (Å²) >= 11 is 2.07. The lowest BCUT2D eigenvalue weighted by molar-refractivity contribution is 0.363. The SMILES string of the molecule is Cc1cnc(COSI)cn1. The predicted octanol–water partition coefficient (Wildman–Crippen LogP) is 2.30. The van der Waals surface area contributed by atoms with E-state index in [-0.39, 0.29) is 0 Å². The summed E-state index contributed by atoms with van der Waals surface area (Å²) in [6.07, 6.45) is 3.46. The van der Waals surface area contributed by atoms with Crippen LogP contribution >= 0.6 is 30.4 Å². The molecule has 0 radical (unpaired) electrons. The quantitative estimate of drug-likeness (QED) is 0.629. The van der Waals surface area contributed by atoms with Crippen LogP contribution in [0.3, 0.4) is 0 Å². The molecule has 0 amide bonds. The number of aromatic nitrogens is 2. The van der Waals surface area contributed by atoms with Gasteiger partial charge in [0.15, 0.2) is 0 Å². The zero-order chi connectivity index (χ0) is 8.10. The van der Waals surface area contributed by atoms with Gasteiger partial charge in [-0.15, -0.1) is 0 Å². The third-order valence-corrected chi connectivity index (χ3v) is 2.06. The number of hydrogen-bond donors (Lipinski definition) is 0. The van der Waals surface area contributed by atoms with Crippen molar-refractivity contribution in [2.45, 2.75) is 13.5 Å². The molecule has 1 aromatic rings. The van der Waals surface area contributed by atoms with Crippen molar-refractivity contribution in [1.29, 1.82) is 0 Å². The Morgan fingerprint density at radius 3 is 2.91 bits per heavy atom. The topological polar surface area (TPSA) is 35.0 Å². The summed E-state index contributed by atoms with van der Waals surface area (Å²) in [7, 11) is 1.30. The van der Waals surface area contributed by atoms with Gasteiger partial charge in [0.2, 0.25) is 0 Å². The molecule has 1 heterocycles. The van der Waals surface area contributed by atoms with Crippen LogP contribution in [-0.4, -0.2) is 9.97 Å². The molecule has 0 fully saturated rings. The molecule has 11 heavy (non-hydrogen) atoms. The van der Waals surface area contributed by atoms with Crippen molar-refractivity contribution in [2.75, 3.05) is 0 Å². The van der Waals surface area contributed by atoms with E-state index in [0.29, 0.717) is 6.61 Å². The molecule has 0 spiro atoms. The highest BCUT2D eigenvalue weighted by molar-refractivity contribution is 14.2. The van der Waals surface area contributed by atoms with Gasteiger partial charge in [-0.2, -0.15) is 0 Å². The molecule has 0 aliphatic rings. The molecule has 3 nitrogen and oxygen atoms in total. The summed E-state index contributed by atoms with van der Waals surface area (Å²) in [6, 6.07) is 0. The van der Waals surface area contributed by atoms with Gasteiger partial charge in [-0.1, -0.05) is 0 Å². The van der Waals surface area contributed by atoms with E-state index in [1.807, 2.05) is 6.92 Å². The molecular formula is C6H7IN2OS.